The topological polar surface area (TPSA) is 29.4 Å². The largest absolute Gasteiger partial charge is 0.151 e. The van der Waals surface area contributed by atoms with E-state index in [2.05, 4.69) is 24.2 Å². The van der Waals surface area contributed by atoms with E-state index in [0.29, 0.717) is 6.54 Å². The summed E-state index contributed by atoms with van der Waals surface area (Å²) in [5.74, 6) is 0. The van der Waals surface area contributed by atoms with Crippen molar-refractivity contribution in [3.05, 3.63) is 40.3 Å². The Balaban J connectivity index is 2.51. The van der Waals surface area contributed by atoms with Crippen LogP contribution < -0.4 is 0 Å². The van der Waals surface area contributed by atoms with E-state index in [-0.39, 0.29) is 0 Å². The van der Waals surface area contributed by atoms with Gasteiger partial charge in [-0.1, -0.05) is 29.4 Å². The zero-order chi connectivity index (χ0) is 8.81. The molecule has 0 aliphatic heterocycles. The molecule has 0 saturated heterocycles. The van der Waals surface area contributed by atoms with Crippen molar-refractivity contribution in [2.75, 3.05) is 6.54 Å². The quantitative estimate of drug-likeness (QED) is 0.495. The Labute approximate surface area is 72.6 Å². The van der Waals surface area contributed by atoms with Crippen LogP contribution in [-0.4, -0.2) is 6.54 Å². The second kappa shape index (κ2) is 4.65. The normalized spacial score (nSPS) is 9.75. The second-order valence-corrected chi connectivity index (χ2v) is 2.88. The Morgan fingerprint density at radius 1 is 1.33 bits per heavy atom. The van der Waals surface area contributed by atoms with Gasteiger partial charge in [0.15, 0.2) is 0 Å². The van der Waals surface area contributed by atoms with Gasteiger partial charge in [-0.2, -0.15) is 4.91 Å². The zero-order valence-electron chi connectivity index (χ0n) is 7.29. The molecule has 0 fully saturated rings. The van der Waals surface area contributed by atoms with Gasteiger partial charge in [-0.25, -0.2) is 0 Å². The molecule has 1 aromatic rings. The number of nitroso groups, excluding NO2 is 1. The summed E-state index contributed by atoms with van der Waals surface area (Å²) in [6.07, 6.45) is 1.81. The molecule has 0 aliphatic rings. The highest BCUT2D eigenvalue weighted by atomic mass is 16.3. The fourth-order valence-corrected chi connectivity index (χ4v) is 1.22. The van der Waals surface area contributed by atoms with Gasteiger partial charge in [-0.15, -0.1) is 0 Å². The van der Waals surface area contributed by atoms with Crippen molar-refractivity contribution in [3.8, 4) is 0 Å². The molecule has 0 radical (unpaired) electrons. The number of hydrogen-bond acceptors (Lipinski definition) is 2. The summed E-state index contributed by atoms with van der Waals surface area (Å²) < 4.78 is 0. The van der Waals surface area contributed by atoms with E-state index >= 15 is 0 Å². The van der Waals surface area contributed by atoms with Crippen LogP contribution in [-0.2, 0) is 6.42 Å². The molecule has 0 aromatic heterocycles. The molecule has 0 amide bonds. The molecule has 0 aliphatic carbocycles. The van der Waals surface area contributed by atoms with E-state index in [1.165, 1.54) is 11.1 Å². The number of hydrogen-bond donors (Lipinski definition) is 0. The van der Waals surface area contributed by atoms with Crippen LogP contribution >= 0.6 is 0 Å². The van der Waals surface area contributed by atoms with Crippen molar-refractivity contribution >= 4 is 0 Å². The number of rotatable bonds is 4. The lowest BCUT2D eigenvalue weighted by Crippen LogP contribution is -1.90. The third-order valence-corrected chi connectivity index (χ3v) is 1.96. The molecule has 0 N–H and O–H groups in total. The van der Waals surface area contributed by atoms with Crippen molar-refractivity contribution < 1.29 is 0 Å². The minimum Gasteiger partial charge on any atom is -0.151 e. The van der Waals surface area contributed by atoms with Crippen LogP contribution in [0.4, 0.5) is 0 Å². The summed E-state index contributed by atoms with van der Waals surface area (Å²) in [6, 6.07) is 8.23. The van der Waals surface area contributed by atoms with Gasteiger partial charge in [0.1, 0.15) is 0 Å². The average Bonchev–Trinajstić information content (AvgIpc) is 2.09. The fourth-order valence-electron chi connectivity index (χ4n) is 1.22. The Morgan fingerprint density at radius 2 is 2.08 bits per heavy atom. The molecule has 64 valence electrons. The highest BCUT2D eigenvalue weighted by Gasteiger charge is 1.95. The minimum absolute atomic E-state index is 0.425. The SMILES string of the molecule is Cc1ccccc1CCCN=O. The lowest BCUT2D eigenvalue weighted by molar-refractivity contribution is 0.824. The maximum Gasteiger partial charge on any atom is 0.0814 e. The summed E-state index contributed by atoms with van der Waals surface area (Å²) in [5, 5.41) is 2.83. The highest BCUT2D eigenvalue weighted by Crippen LogP contribution is 2.08. The molecule has 0 saturated carbocycles. The first kappa shape index (κ1) is 8.91. The van der Waals surface area contributed by atoms with Crippen LogP contribution in [0.25, 0.3) is 0 Å². The van der Waals surface area contributed by atoms with Gasteiger partial charge in [0.2, 0.25) is 0 Å². The Hall–Kier alpha value is -1.18. The van der Waals surface area contributed by atoms with Gasteiger partial charge in [0.05, 0.1) is 6.54 Å². The lowest BCUT2D eigenvalue weighted by Gasteiger charge is -2.02. The summed E-state index contributed by atoms with van der Waals surface area (Å²) in [5.41, 5.74) is 2.62. The molecule has 1 rings (SSSR count). The lowest BCUT2D eigenvalue weighted by atomic mass is 10.0. The van der Waals surface area contributed by atoms with Crippen molar-refractivity contribution in [1.82, 2.24) is 0 Å². The van der Waals surface area contributed by atoms with E-state index in [4.69, 9.17) is 0 Å². The zero-order valence-corrected chi connectivity index (χ0v) is 7.29. The third-order valence-electron chi connectivity index (χ3n) is 1.96. The Morgan fingerprint density at radius 3 is 2.75 bits per heavy atom. The standard InChI is InChI=1S/C10H13NO/c1-9-5-2-3-6-10(9)7-4-8-11-12/h2-3,5-6H,4,7-8H2,1H3. The second-order valence-electron chi connectivity index (χ2n) is 2.88. The van der Waals surface area contributed by atoms with Crippen LogP contribution in [0.5, 0.6) is 0 Å². The molecule has 0 bridgehead atoms. The van der Waals surface area contributed by atoms with Crippen LogP contribution in [0.15, 0.2) is 29.4 Å². The van der Waals surface area contributed by atoms with Gasteiger partial charge in [-0.3, -0.25) is 0 Å². The maximum absolute atomic E-state index is 9.83. The summed E-state index contributed by atoms with van der Waals surface area (Å²) >= 11 is 0. The van der Waals surface area contributed by atoms with Gasteiger partial charge in [0.25, 0.3) is 0 Å². The molecule has 2 nitrogen and oxygen atoms in total. The Kier molecular flexibility index (Phi) is 3.45. The van der Waals surface area contributed by atoms with Crippen molar-refractivity contribution in [2.24, 2.45) is 5.18 Å². The molecular formula is C10H13NO. The van der Waals surface area contributed by atoms with Crippen molar-refractivity contribution in [3.63, 3.8) is 0 Å². The fraction of sp³-hybridized carbons (Fsp3) is 0.400. The molecule has 1 aromatic carbocycles. The van der Waals surface area contributed by atoms with E-state index in [1.807, 2.05) is 12.1 Å². The van der Waals surface area contributed by atoms with Gasteiger partial charge < -0.3 is 0 Å². The molecular weight excluding hydrogens is 150 g/mol. The van der Waals surface area contributed by atoms with Crippen LogP contribution in [0.2, 0.25) is 0 Å². The first-order chi connectivity index (χ1) is 5.84. The molecule has 0 spiro atoms. The number of nitrogens with zero attached hydrogens (tertiary/aromatic N) is 1. The minimum atomic E-state index is 0.425. The highest BCUT2D eigenvalue weighted by molar-refractivity contribution is 5.25. The molecule has 0 unspecified atom stereocenters. The van der Waals surface area contributed by atoms with Crippen LogP contribution in [0.3, 0.4) is 0 Å². The Bertz CT molecular complexity index is 258. The molecule has 2 heteroatoms. The van der Waals surface area contributed by atoms with Crippen LogP contribution in [0.1, 0.15) is 17.5 Å². The molecule has 12 heavy (non-hydrogen) atoms. The first-order valence-electron chi connectivity index (χ1n) is 4.18. The van der Waals surface area contributed by atoms with Gasteiger partial charge >= 0.3 is 0 Å². The summed E-state index contributed by atoms with van der Waals surface area (Å²) in [4.78, 5) is 9.83. The number of aryl methyl sites for hydroxylation is 2. The first-order valence-corrected chi connectivity index (χ1v) is 4.18. The van der Waals surface area contributed by atoms with E-state index in [9.17, 15) is 4.91 Å². The summed E-state index contributed by atoms with van der Waals surface area (Å²) in [7, 11) is 0. The van der Waals surface area contributed by atoms with Crippen molar-refractivity contribution in [1.29, 1.82) is 0 Å². The smallest absolute Gasteiger partial charge is 0.0814 e. The van der Waals surface area contributed by atoms with Crippen molar-refractivity contribution in [2.45, 2.75) is 19.8 Å². The molecule has 0 atom stereocenters. The van der Waals surface area contributed by atoms with E-state index < -0.39 is 0 Å². The average molecular weight is 163 g/mol. The van der Waals surface area contributed by atoms with E-state index in [1.54, 1.807) is 0 Å². The predicted octanol–water partition coefficient (Wildman–Crippen LogP) is 2.69. The van der Waals surface area contributed by atoms with E-state index in [0.717, 1.165) is 12.8 Å². The summed E-state index contributed by atoms with van der Waals surface area (Å²) in [6.45, 7) is 2.51. The number of benzene rings is 1. The monoisotopic (exact) mass is 163 g/mol. The molecule has 0 heterocycles. The van der Waals surface area contributed by atoms with Gasteiger partial charge in [0, 0.05) is 0 Å². The predicted molar refractivity (Wildman–Crippen MR) is 50.2 cm³/mol. The van der Waals surface area contributed by atoms with Crippen LogP contribution in [0, 0.1) is 11.8 Å². The van der Waals surface area contributed by atoms with Gasteiger partial charge in [-0.05, 0) is 30.9 Å². The maximum atomic E-state index is 9.83. The third kappa shape index (κ3) is 2.46.